The average Bonchev–Trinajstić information content (AvgIpc) is 3.36. The Kier molecular flexibility index (Phi) is 4.18. The summed E-state index contributed by atoms with van der Waals surface area (Å²) < 4.78 is 6.80. The van der Waals surface area contributed by atoms with Crippen LogP contribution in [0.25, 0.3) is 32.7 Å². The van der Waals surface area contributed by atoms with E-state index < -0.39 is 5.41 Å². The Balaban J connectivity index is 1.66. The fourth-order valence-corrected chi connectivity index (χ4v) is 6.43. The van der Waals surface area contributed by atoms with E-state index >= 15 is 0 Å². The van der Waals surface area contributed by atoms with Gasteiger partial charge in [-0.3, -0.25) is 0 Å². The van der Waals surface area contributed by atoms with Gasteiger partial charge < -0.3 is 9.73 Å². The van der Waals surface area contributed by atoms with Gasteiger partial charge in [0.05, 0.1) is 5.41 Å². The van der Waals surface area contributed by atoms with Crippen molar-refractivity contribution in [1.82, 2.24) is 0 Å². The first-order valence-corrected chi connectivity index (χ1v) is 12.7. The number of hydrogen-bond donors (Lipinski definition) is 1. The molecule has 0 saturated heterocycles. The van der Waals surface area contributed by atoms with E-state index in [9.17, 15) is 0 Å². The van der Waals surface area contributed by atoms with Crippen LogP contribution in [0.1, 0.15) is 22.3 Å². The third kappa shape index (κ3) is 2.70. The van der Waals surface area contributed by atoms with Gasteiger partial charge >= 0.3 is 0 Å². The first-order chi connectivity index (χ1) is 18.4. The normalized spacial score (nSPS) is 13.8. The van der Waals surface area contributed by atoms with Gasteiger partial charge in [0.25, 0.3) is 0 Å². The molecule has 0 spiro atoms. The van der Waals surface area contributed by atoms with Gasteiger partial charge in [-0.25, -0.2) is 0 Å². The highest BCUT2D eigenvalue weighted by atomic mass is 16.3. The van der Waals surface area contributed by atoms with Crippen molar-refractivity contribution in [2.24, 2.45) is 0 Å². The average molecular weight is 474 g/mol. The predicted octanol–water partition coefficient (Wildman–Crippen LogP) is 9.18. The van der Waals surface area contributed by atoms with Gasteiger partial charge in [-0.05, 0) is 51.7 Å². The van der Waals surface area contributed by atoms with Gasteiger partial charge in [0.2, 0.25) is 0 Å². The molecule has 0 atom stereocenters. The molecule has 2 heterocycles. The van der Waals surface area contributed by atoms with E-state index in [0.29, 0.717) is 0 Å². The summed E-state index contributed by atoms with van der Waals surface area (Å²) in [5, 5.41) is 8.46. The Hall–Kier alpha value is -4.82. The Morgan fingerprint density at radius 2 is 1.11 bits per heavy atom. The lowest BCUT2D eigenvalue weighted by atomic mass is 9.62. The maximum absolute atomic E-state index is 6.80. The summed E-state index contributed by atoms with van der Waals surface area (Å²) in [6.45, 7) is 0. The molecular formula is C35H23NO. The van der Waals surface area contributed by atoms with E-state index in [-0.39, 0.29) is 0 Å². The minimum Gasteiger partial charge on any atom is -0.456 e. The number of hydrogen-bond acceptors (Lipinski definition) is 2. The van der Waals surface area contributed by atoms with Crippen molar-refractivity contribution >= 4 is 44.1 Å². The van der Waals surface area contributed by atoms with Gasteiger partial charge in [-0.2, -0.15) is 0 Å². The number of furan rings is 1. The van der Waals surface area contributed by atoms with Crippen molar-refractivity contribution in [3.8, 4) is 0 Å². The van der Waals surface area contributed by atoms with Crippen molar-refractivity contribution in [2.45, 2.75) is 5.41 Å². The van der Waals surface area contributed by atoms with E-state index in [1.807, 2.05) is 0 Å². The predicted molar refractivity (Wildman–Crippen MR) is 153 cm³/mol. The molecule has 0 aliphatic carbocycles. The highest BCUT2D eigenvalue weighted by Crippen LogP contribution is 2.56. The van der Waals surface area contributed by atoms with Crippen LogP contribution in [0.4, 0.5) is 11.4 Å². The van der Waals surface area contributed by atoms with Crippen LogP contribution in [-0.2, 0) is 5.41 Å². The summed E-state index contributed by atoms with van der Waals surface area (Å²) in [5.74, 6) is 0. The molecule has 8 rings (SSSR count). The summed E-state index contributed by atoms with van der Waals surface area (Å²) in [7, 11) is 0. The molecule has 0 amide bonds. The van der Waals surface area contributed by atoms with Crippen molar-refractivity contribution in [3.05, 3.63) is 156 Å². The lowest BCUT2D eigenvalue weighted by Gasteiger charge is -2.42. The molecule has 0 unspecified atom stereocenters. The molecule has 0 bridgehead atoms. The van der Waals surface area contributed by atoms with Crippen LogP contribution >= 0.6 is 0 Å². The van der Waals surface area contributed by atoms with E-state index in [1.165, 1.54) is 32.8 Å². The highest BCUT2D eigenvalue weighted by Gasteiger charge is 2.46. The third-order valence-corrected chi connectivity index (χ3v) is 7.91. The van der Waals surface area contributed by atoms with Crippen LogP contribution in [0.3, 0.4) is 0 Å². The fourth-order valence-electron chi connectivity index (χ4n) is 6.43. The minimum absolute atomic E-state index is 0.574. The van der Waals surface area contributed by atoms with Gasteiger partial charge in [-0.15, -0.1) is 0 Å². The molecule has 2 nitrogen and oxygen atoms in total. The molecule has 1 aliphatic heterocycles. The fraction of sp³-hybridized carbons (Fsp3) is 0.0286. The summed E-state index contributed by atoms with van der Waals surface area (Å²) >= 11 is 0. The molecule has 37 heavy (non-hydrogen) atoms. The Morgan fingerprint density at radius 1 is 0.514 bits per heavy atom. The number of fused-ring (bicyclic) bond motifs is 7. The minimum atomic E-state index is -0.574. The molecule has 7 aromatic rings. The summed E-state index contributed by atoms with van der Waals surface area (Å²) in [5.41, 5.74) is 8.32. The maximum Gasteiger partial charge on any atom is 0.140 e. The Labute approximate surface area is 214 Å². The zero-order chi connectivity index (χ0) is 24.4. The van der Waals surface area contributed by atoms with Crippen molar-refractivity contribution in [3.63, 3.8) is 0 Å². The molecular weight excluding hydrogens is 450 g/mol. The first-order valence-electron chi connectivity index (χ1n) is 12.7. The van der Waals surface area contributed by atoms with Crippen molar-refractivity contribution in [2.75, 3.05) is 5.32 Å². The van der Waals surface area contributed by atoms with Gasteiger partial charge in [0, 0.05) is 27.7 Å². The maximum atomic E-state index is 6.80. The van der Waals surface area contributed by atoms with Gasteiger partial charge in [0.1, 0.15) is 11.2 Å². The van der Waals surface area contributed by atoms with E-state index in [1.54, 1.807) is 0 Å². The first kappa shape index (κ1) is 20.4. The molecule has 6 aromatic carbocycles. The lowest BCUT2D eigenvalue weighted by Crippen LogP contribution is -2.35. The quantitative estimate of drug-likeness (QED) is 0.271. The zero-order valence-electron chi connectivity index (χ0n) is 20.1. The third-order valence-electron chi connectivity index (χ3n) is 7.91. The standard InChI is InChI=1S/C35H23NO/c1-2-13-24(14-3-1)35(27-17-7-9-19-30(27)36-31-20-10-8-18-28(31)35)29-22-23-12-4-5-15-25(23)33-26-16-6-11-21-32(26)37-34(29)33/h1-22,36H. The summed E-state index contributed by atoms with van der Waals surface area (Å²) in [4.78, 5) is 0. The van der Waals surface area contributed by atoms with Crippen LogP contribution in [0.5, 0.6) is 0 Å². The SMILES string of the molecule is c1ccc(C2(c3cc4ccccc4c4c3oc3ccccc34)c3ccccc3Nc3ccccc32)cc1. The molecule has 0 saturated carbocycles. The van der Waals surface area contributed by atoms with Gasteiger partial charge in [0.15, 0.2) is 0 Å². The van der Waals surface area contributed by atoms with Crippen LogP contribution in [-0.4, -0.2) is 0 Å². The van der Waals surface area contributed by atoms with E-state index in [0.717, 1.165) is 33.5 Å². The second-order valence-corrected chi connectivity index (χ2v) is 9.78. The van der Waals surface area contributed by atoms with Crippen molar-refractivity contribution < 1.29 is 4.42 Å². The van der Waals surface area contributed by atoms with Crippen LogP contribution in [0.15, 0.2) is 138 Å². The second kappa shape index (κ2) is 7.59. The largest absolute Gasteiger partial charge is 0.456 e. The number of anilines is 2. The molecule has 0 fully saturated rings. The molecule has 1 aliphatic rings. The van der Waals surface area contributed by atoms with Crippen LogP contribution in [0, 0.1) is 0 Å². The highest BCUT2D eigenvalue weighted by molar-refractivity contribution is 6.20. The molecule has 0 radical (unpaired) electrons. The second-order valence-electron chi connectivity index (χ2n) is 9.78. The summed E-state index contributed by atoms with van der Waals surface area (Å²) in [6.07, 6.45) is 0. The number of rotatable bonds is 2. The van der Waals surface area contributed by atoms with Crippen LogP contribution < -0.4 is 5.32 Å². The lowest BCUT2D eigenvalue weighted by molar-refractivity contribution is 0.645. The van der Waals surface area contributed by atoms with Crippen molar-refractivity contribution in [1.29, 1.82) is 0 Å². The van der Waals surface area contributed by atoms with Crippen LogP contribution in [0.2, 0.25) is 0 Å². The summed E-state index contributed by atoms with van der Waals surface area (Å²) in [6, 6.07) is 47.7. The number of para-hydroxylation sites is 3. The molecule has 1 N–H and O–H groups in total. The number of nitrogens with one attached hydrogen (secondary N) is 1. The topological polar surface area (TPSA) is 25.2 Å². The molecule has 1 aromatic heterocycles. The smallest absolute Gasteiger partial charge is 0.140 e. The van der Waals surface area contributed by atoms with E-state index in [2.05, 4.69) is 139 Å². The Bertz CT molecular complexity index is 1920. The van der Waals surface area contributed by atoms with E-state index in [4.69, 9.17) is 4.42 Å². The number of benzene rings is 6. The molecule has 2 heteroatoms. The monoisotopic (exact) mass is 473 g/mol. The molecule has 174 valence electrons. The zero-order valence-corrected chi connectivity index (χ0v) is 20.1. The van der Waals surface area contributed by atoms with Gasteiger partial charge in [-0.1, -0.05) is 109 Å². The Morgan fingerprint density at radius 3 is 1.86 bits per heavy atom.